The molecule has 5 nitrogen and oxygen atoms in total. The predicted octanol–water partition coefficient (Wildman–Crippen LogP) is 3.33. The van der Waals surface area contributed by atoms with Crippen molar-refractivity contribution in [2.75, 3.05) is 13.3 Å². The number of nitrogens with zero attached hydrogens (tertiary/aromatic N) is 1. The first-order chi connectivity index (χ1) is 12.6. The van der Waals surface area contributed by atoms with Crippen LogP contribution in [0.15, 0.2) is 48.5 Å². The summed E-state index contributed by atoms with van der Waals surface area (Å²) in [5.74, 6) is 1.56. The quantitative estimate of drug-likeness (QED) is 0.790. The van der Waals surface area contributed by atoms with Crippen molar-refractivity contribution in [3.8, 4) is 11.5 Å². The van der Waals surface area contributed by atoms with Crippen LogP contribution in [0.2, 0.25) is 0 Å². The van der Waals surface area contributed by atoms with E-state index in [1.165, 1.54) is 5.56 Å². The van der Waals surface area contributed by atoms with Gasteiger partial charge in [0.1, 0.15) is 0 Å². The van der Waals surface area contributed by atoms with Crippen molar-refractivity contribution in [1.82, 2.24) is 10.2 Å². The Morgan fingerprint density at radius 3 is 2.62 bits per heavy atom. The van der Waals surface area contributed by atoms with Crippen LogP contribution in [0.3, 0.4) is 0 Å². The number of carbonyl (C=O) groups is 1. The molecule has 1 heterocycles. The molecule has 0 fully saturated rings. The van der Waals surface area contributed by atoms with Crippen LogP contribution in [-0.2, 0) is 17.9 Å². The van der Waals surface area contributed by atoms with E-state index in [2.05, 4.69) is 36.2 Å². The highest BCUT2D eigenvalue weighted by Gasteiger charge is 2.14. The molecule has 1 aliphatic rings. The van der Waals surface area contributed by atoms with Crippen LogP contribution in [0.4, 0.5) is 0 Å². The van der Waals surface area contributed by atoms with Gasteiger partial charge in [0.05, 0.1) is 0 Å². The molecule has 0 spiro atoms. The highest BCUT2D eigenvalue weighted by molar-refractivity contribution is 5.76. The number of benzene rings is 2. The van der Waals surface area contributed by atoms with Gasteiger partial charge in [0.2, 0.25) is 12.7 Å². The second kappa shape index (κ2) is 8.72. The van der Waals surface area contributed by atoms with Crippen LogP contribution in [0.5, 0.6) is 11.5 Å². The molecule has 3 rings (SSSR count). The van der Waals surface area contributed by atoms with Crippen molar-refractivity contribution in [2.45, 2.75) is 39.4 Å². The SMILES string of the molecule is CC(C)N(CCC(=O)NCc1ccc2c(c1)OCO2)Cc1ccccc1. The third-order valence-corrected chi connectivity index (χ3v) is 4.51. The number of fused-ring (bicyclic) bond motifs is 1. The molecule has 0 radical (unpaired) electrons. The van der Waals surface area contributed by atoms with Gasteiger partial charge >= 0.3 is 0 Å². The highest BCUT2D eigenvalue weighted by Crippen LogP contribution is 2.32. The lowest BCUT2D eigenvalue weighted by Gasteiger charge is -2.26. The van der Waals surface area contributed by atoms with Crippen LogP contribution in [0.25, 0.3) is 0 Å². The Balaban J connectivity index is 1.46. The van der Waals surface area contributed by atoms with E-state index >= 15 is 0 Å². The van der Waals surface area contributed by atoms with E-state index in [4.69, 9.17) is 9.47 Å². The van der Waals surface area contributed by atoms with Crippen molar-refractivity contribution in [1.29, 1.82) is 0 Å². The molecule has 0 bridgehead atoms. The van der Waals surface area contributed by atoms with Gasteiger partial charge in [-0.1, -0.05) is 36.4 Å². The van der Waals surface area contributed by atoms with E-state index in [1.807, 2.05) is 36.4 Å². The fourth-order valence-corrected chi connectivity index (χ4v) is 2.92. The van der Waals surface area contributed by atoms with Crippen LogP contribution < -0.4 is 14.8 Å². The highest BCUT2D eigenvalue weighted by atomic mass is 16.7. The van der Waals surface area contributed by atoms with Crippen LogP contribution in [0, 0.1) is 0 Å². The Bertz CT molecular complexity index is 731. The van der Waals surface area contributed by atoms with Crippen molar-refractivity contribution in [2.24, 2.45) is 0 Å². The standard InChI is InChI=1S/C21H26N2O3/c1-16(2)23(14-17-6-4-3-5-7-17)11-10-21(24)22-13-18-8-9-19-20(12-18)26-15-25-19/h3-9,12,16H,10-11,13-15H2,1-2H3,(H,22,24). The first kappa shape index (κ1) is 18.3. The largest absolute Gasteiger partial charge is 0.454 e. The van der Waals surface area contributed by atoms with Gasteiger partial charge in [-0.05, 0) is 37.1 Å². The first-order valence-corrected chi connectivity index (χ1v) is 9.05. The van der Waals surface area contributed by atoms with E-state index in [-0.39, 0.29) is 12.7 Å². The molecule has 5 heteroatoms. The molecule has 138 valence electrons. The smallest absolute Gasteiger partial charge is 0.231 e. The van der Waals surface area contributed by atoms with Gasteiger partial charge in [0, 0.05) is 32.1 Å². The lowest BCUT2D eigenvalue weighted by atomic mass is 10.1. The number of rotatable bonds is 8. The Kier molecular flexibility index (Phi) is 6.12. The normalized spacial score (nSPS) is 12.6. The van der Waals surface area contributed by atoms with Crippen LogP contribution in [-0.4, -0.2) is 30.2 Å². The molecule has 0 aromatic heterocycles. The lowest BCUT2D eigenvalue weighted by Crippen LogP contribution is -2.34. The van der Waals surface area contributed by atoms with Gasteiger partial charge in [0.15, 0.2) is 11.5 Å². The molecule has 0 atom stereocenters. The van der Waals surface area contributed by atoms with Crippen molar-refractivity contribution < 1.29 is 14.3 Å². The summed E-state index contributed by atoms with van der Waals surface area (Å²) in [6.45, 7) is 6.67. The summed E-state index contributed by atoms with van der Waals surface area (Å²) in [6, 6.07) is 16.5. The maximum Gasteiger partial charge on any atom is 0.231 e. The van der Waals surface area contributed by atoms with Crippen LogP contribution >= 0.6 is 0 Å². The fraction of sp³-hybridized carbons (Fsp3) is 0.381. The second-order valence-corrected chi connectivity index (χ2v) is 6.76. The van der Waals surface area contributed by atoms with E-state index in [0.717, 1.165) is 30.2 Å². The summed E-state index contributed by atoms with van der Waals surface area (Å²) >= 11 is 0. The number of hydrogen-bond donors (Lipinski definition) is 1. The minimum Gasteiger partial charge on any atom is -0.454 e. The third kappa shape index (κ3) is 4.99. The molecule has 0 aliphatic carbocycles. The van der Waals surface area contributed by atoms with E-state index < -0.39 is 0 Å². The lowest BCUT2D eigenvalue weighted by molar-refractivity contribution is -0.121. The molecule has 1 N–H and O–H groups in total. The predicted molar refractivity (Wildman–Crippen MR) is 101 cm³/mol. The van der Waals surface area contributed by atoms with Gasteiger partial charge < -0.3 is 14.8 Å². The van der Waals surface area contributed by atoms with Gasteiger partial charge in [-0.15, -0.1) is 0 Å². The van der Waals surface area contributed by atoms with Crippen molar-refractivity contribution in [3.05, 3.63) is 59.7 Å². The summed E-state index contributed by atoms with van der Waals surface area (Å²) in [5.41, 5.74) is 2.27. The molecular weight excluding hydrogens is 328 g/mol. The van der Waals surface area contributed by atoms with Gasteiger partial charge in [0.25, 0.3) is 0 Å². The molecule has 2 aromatic rings. The van der Waals surface area contributed by atoms with Gasteiger partial charge in [-0.25, -0.2) is 0 Å². The maximum atomic E-state index is 12.2. The summed E-state index contributed by atoms with van der Waals surface area (Å²) in [4.78, 5) is 14.6. The minimum absolute atomic E-state index is 0.0568. The fourth-order valence-electron chi connectivity index (χ4n) is 2.92. The molecule has 0 saturated heterocycles. The molecule has 0 saturated carbocycles. The van der Waals surface area contributed by atoms with Gasteiger partial charge in [-0.3, -0.25) is 9.69 Å². The Morgan fingerprint density at radius 1 is 1.08 bits per heavy atom. The number of amides is 1. The Labute approximate surface area is 154 Å². The zero-order valence-corrected chi connectivity index (χ0v) is 15.4. The Hall–Kier alpha value is -2.53. The topological polar surface area (TPSA) is 50.8 Å². The molecule has 1 aliphatic heterocycles. The average Bonchev–Trinajstić information content (AvgIpc) is 3.11. The van der Waals surface area contributed by atoms with E-state index in [9.17, 15) is 4.79 Å². The summed E-state index contributed by atoms with van der Waals surface area (Å²) in [5, 5.41) is 2.99. The van der Waals surface area contributed by atoms with Gasteiger partial charge in [-0.2, -0.15) is 0 Å². The number of hydrogen-bond acceptors (Lipinski definition) is 4. The van der Waals surface area contributed by atoms with Crippen molar-refractivity contribution in [3.63, 3.8) is 0 Å². The zero-order chi connectivity index (χ0) is 18.4. The van der Waals surface area contributed by atoms with E-state index in [1.54, 1.807) is 0 Å². The second-order valence-electron chi connectivity index (χ2n) is 6.76. The minimum atomic E-state index is 0.0568. The number of ether oxygens (including phenoxy) is 2. The first-order valence-electron chi connectivity index (χ1n) is 9.05. The number of carbonyl (C=O) groups excluding carboxylic acids is 1. The zero-order valence-electron chi connectivity index (χ0n) is 15.4. The van der Waals surface area contributed by atoms with E-state index in [0.29, 0.717) is 19.0 Å². The summed E-state index contributed by atoms with van der Waals surface area (Å²) < 4.78 is 10.7. The summed E-state index contributed by atoms with van der Waals surface area (Å²) in [7, 11) is 0. The number of nitrogens with one attached hydrogen (secondary N) is 1. The Morgan fingerprint density at radius 2 is 1.85 bits per heavy atom. The monoisotopic (exact) mass is 354 g/mol. The molecule has 0 unspecified atom stereocenters. The maximum absolute atomic E-state index is 12.2. The molecule has 26 heavy (non-hydrogen) atoms. The molecule has 2 aromatic carbocycles. The summed E-state index contributed by atoms with van der Waals surface area (Å²) in [6.07, 6.45) is 0.482. The van der Waals surface area contributed by atoms with Crippen molar-refractivity contribution >= 4 is 5.91 Å². The van der Waals surface area contributed by atoms with Crippen LogP contribution in [0.1, 0.15) is 31.4 Å². The third-order valence-electron chi connectivity index (χ3n) is 4.51. The molecule has 1 amide bonds. The average molecular weight is 354 g/mol. The molecular formula is C21H26N2O3.